The van der Waals surface area contributed by atoms with Crippen molar-refractivity contribution in [2.75, 3.05) is 13.2 Å². The quantitative estimate of drug-likeness (QED) is 0.0270. The fourth-order valence-electron chi connectivity index (χ4n) is 6.33. The Morgan fingerprint density at radius 2 is 1.02 bits per heavy atom. The summed E-state index contributed by atoms with van der Waals surface area (Å²) in [7, 11) is 0. The van der Waals surface area contributed by atoms with E-state index in [-0.39, 0.29) is 12.5 Å². The van der Waals surface area contributed by atoms with Crippen LogP contribution in [0.3, 0.4) is 0 Å². The van der Waals surface area contributed by atoms with E-state index in [1.54, 1.807) is 6.08 Å². The molecule has 0 aromatic rings. The summed E-state index contributed by atoms with van der Waals surface area (Å²) < 4.78 is 11.0. The lowest BCUT2D eigenvalue weighted by Crippen LogP contribution is -2.60. The number of allylic oxidation sites excluding steroid dienone is 19. The lowest BCUT2D eigenvalue weighted by molar-refractivity contribution is -0.302. The molecule has 1 aliphatic rings. The molecule has 0 saturated carbocycles. The van der Waals surface area contributed by atoms with Gasteiger partial charge in [0.15, 0.2) is 6.29 Å². The molecule has 1 saturated heterocycles. The average molecular weight is 850 g/mol. The van der Waals surface area contributed by atoms with Crippen molar-refractivity contribution in [3.05, 3.63) is 122 Å². The lowest BCUT2D eigenvalue weighted by Gasteiger charge is -2.40. The van der Waals surface area contributed by atoms with Crippen molar-refractivity contribution in [2.45, 2.75) is 185 Å². The number of aliphatic hydroxyl groups excluding tert-OH is 5. The van der Waals surface area contributed by atoms with Crippen LogP contribution in [0.5, 0.6) is 0 Å². The van der Waals surface area contributed by atoms with Crippen LogP contribution in [0.15, 0.2) is 122 Å². The van der Waals surface area contributed by atoms with Gasteiger partial charge in [-0.3, -0.25) is 4.79 Å². The standard InChI is InChI=1S/C52H83NO8/c1-3-5-7-8-9-10-11-12-13-14-15-16-17-18-19-20-21-22-23-24-25-26-27-28-29-30-31-32-33-34-35-36-37-38-40-42-48(56)53-45(46(55)41-39-6-4-2)44-60-52-51(59)50(58)49(57)47(43-54)61-52/h5,7,9-10,12-13,15-16,18-19,21-22,24-25,27-28,30-31,39,41,45-47,49-52,54-55,57-59H,3-4,6,8,11,14,17,20,23,26,29,32-38,40,42-44H2,1-2H3,(H,53,56)/b7-5-,10-9-,13-12-,16-15-,19-18-,22-21-,25-24-,28-27-,31-30-,41-39+. The maximum absolute atomic E-state index is 12.8. The highest BCUT2D eigenvalue weighted by atomic mass is 16.7. The van der Waals surface area contributed by atoms with Gasteiger partial charge in [-0.1, -0.05) is 174 Å². The second-order valence-electron chi connectivity index (χ2n) is 15.5. The highest BCUT2D eigenvalue weighted by molar-refractivity contribution is 5.76. The molecule has 0 radical (unpaired) electrons. The molecular formula is C52H83NO8. The van der Waals surface area contributed by atoms with Crippen LogP contribution in [0.2, 0.25) is 0 Å². The molecule has 1 heterocycles. The monoisotopic (exact) mass is 850 g/mol. The van der Waals surface area contributed by atoms with Crippen molar-refractivity contribution in [1.29, 1.82) is 0 Å². The van der Waals surface area contributed by atoms with Crippen molar-refractivity contribution in [3.8, 4) is 0 Å². The number of ether oxygens (including phenoxy) is 2. The summed E-state index contributed by atoms with van der Waals surface area (Å²) in [6.45, 7) is 3.40. The summed E-state index contributed by atoms with van der Waals surface area (Å²) in [5, 5.41) is 53.4. The van der Waals surface area contributed by atoms with Gasteiger partial charge in [-0.25, -0.2) is 0 Å². The number of unbranched alkanes of at least 4 members (excludes halogenated alkanes) is 8. The molecule has 0 bridgehead atoms. The molecule has 9 heteroatoms. The van der Waals surface area contributed by atoms with Gasteiger partial charge in [-0.15, -0.1) is 0 Å². The fourth-order valence-corrected chi connectivity index (χ4v) is 6.33. The summed E-state index contributed by atoms with van der Waals surface area (Å²) in [5.74, 6) is -0.208. The number of nitrogens with one attached hydrogen (secondary N) is 1. The Balaban J connectivity index is 2.08. The molecule has 7 atom stereocenters. The van der Waals surface area contributed by atoms with Crippen molar-refractivity contribution in [3.63, 3.8) is 0 Å². The van der Waals surface area contributed by atoms with Crippen LogP contribution in [0, 0.1) is 0 Å². The smallest absolute Gasteiger partial charge is 0.220 e. The van der Waals surface area contributed by atoms with Crippen LogP contribution in [-0.4, -0.2) is 87.5 Å². The van der Waals surface area contributed by atoms with Crippen LogP contribution < -0.4 is 5.32 Å². The molecule has 0 aromatic heterocycles. The Kier molecular flexibility index (Phi) is 37.1. The Hall–Kier alpha value is -3.41. The summed E-state index contributed by atoms with van der Waals surface area (Å²) in [4.78, 5) is 12.8. The Bertz CT molecular complexity index is 1360. The molecule has 6 N–H and O–H groups in total. The molecule has 344 valence electrons. The summed E-state index contributed by atoms with van der Waals surface area (Å²) in [5.41, 5.74) is 0. The van der Waals surface area contributed by atoms with Gasteiger partial charge in [0.2, 0.25) is 5.91 Å². The van der Waals surface area contributed by atoms with E-state index in [4.69, 9.17) is 9.47 Å². The number of hydrogen-bond acceptors (Lipinski definition) is 8. The first-order chi connectivity index (χ1) is 29.8. The van der Waals surface area contributed by atoms with E-state index in [1.165, 1.54) is 19.3 Å². The van der Waals surface area contributed by atoms with Gasteiger partial charge in [0.05, 0.1) is 25.4 Å². The average Bonchev–Trinajstić information content (AvgIpc) is 3.26. The maximum Gasteiger partial charge on any atom is 0.220 e. The van der Waals surface area contributed by atoms with Crippen molar-refractivity contribution >= 4 is 5.91 Å². The largest absolute Gasteiger partial charge is 0.394 e. The molecule has 9 nitrogen and oxygen atoms in total. The van der Waals surface area contributed by atoms with Gasteiger partial charge in [0.1, 0.15) is 24.4 Å². The predicted molar refractivity (Wildman–Crippen MR) is 253 cm³/mol. The number of hydrogen-bond donors (Lipinski definition) is 6. The van der Waals surface area contributed by atoms with E-state index in [1.807, 2.05) is 13.0 Å². The van der Waals surface area contributed by atoms with E-state index < -0.39 is 49.5 Å². The number of carbonyl (C=O) groups is 1. The minimum Gasteiger partial charge on any atom is -0.394 e. The third-order valence-corrected chi connectivity index (χ3v) is 10.0. The first kappa shape index (κ1) is 55.6. The third-order valence-electron chi connectivity index (χ3n) is 10.0. The molecule has 1 aliphatic heterocycles. The Morgan fingerprint density at radius 1 is 0.574 bits per heavy atom. The third kappa shape index (κ3) is 31.1. The maximum atomic E-state index is 12.8. The second kappa shape index (κ2) is 40.6. The lowest BCUT2D eigenvalue weighted by atomic mass is 9.99. The molecule has 7 unspecified atom stereocenters. The zero-order chi connectivity index (χ0) is 44.4. The van der Waals surface area contributed by atoms with Gasteiger partial charge in [-0.05, 0) is 83.5 Å². The number of rotatable bonds is 36. The Morgan fingerprint density at radius 3 is 1.48 bits per heavy atom. The summed E-state index contributed by atoms with van der Waals surface area (Å²) in [6.07, 6.45) is 54.9. The van der Waals surface area contributed by atoms with Crippen LogP contribution >= 0.6 is 0 Å². The number of amides is 1. The van der Waals surface area contributed by atoms with Gasteiger partial charge < -0.3 is 40.3 Å². The second-order valence-corrected chi connectivity index (χ2v) is 15.5. The molecule has 1 rings (SSSR count). The molecular weight excluding hydrogens is 767 g/mol. The molecule has 0 aliphatic carbocycles. The van der Waals surface area contributed by atoms with E-state index in [0.717, 1.165) is 103 Å². The fraction of sp³-hybridized carbons (Fsp3) is 0.596. The highest BCUT2D eigenvalue weighted by Gasteiger charge is 2.44. The van der Waals surface area contributed by atoms with E-state index in [0.29, 0.717) is 6.42 Å². The molecule has 61 heavy (non-hydrogen) atoms. The first-order valence-electron chi connectivity index (χ1n) is 23.3. The van der Waals surface area contributed by atoms with Crippen molar-refractivity contribution < 1.29 is 39.8 Å². The SMILES string of the molecule is CC/C=C\C/C=C\C/C=C\C/C=C\C/C=C\C/C=C\C/C=C\C/C=C\C/C=C\CCCCCCCCCC(=O)NC(COC1OC(CO)C(O)C(O)C1O)C(O)/C=C/CCC. The summed E-state index contributed by atoms with van der Waals surface area (Å²) in [6, 6.07) is -0.815. The summed E-state index contributed by atoms with van der Waals surface area (Å²) >= 11 is 0. The predicted octanol–water partition coefficient (Wildman–Crippen LogP) is 10.1. The minimum atomic E-state index is -1.57. The van der Waals surface area contributed by atoms with Crippen LogP contribution in [-0.2, 0) is 14.3 Å². The molecule has 0 aromatic carbocycles. The number of carbonyl (C=O) groups excluding carboxylic acids is 1. The molecule has 1 fully saturated rings. The van der Waals surface area contributed by atoms with Crippen LogP contribution in [0.25, 0.3) is 0 Å². The van der Waals surface area contributed by atoms with Gasteiger partial charge >= 0.3 is 0 Å². The van der Waals surface area contributed by atoms with Crippen molar-refractivity contribution in [1.82, 2.24) is 5.32 Å². The minimum absolute atomic E-state index is 0.206. The molecule has 0 spiro atoms. The van der Waals surface area contributed by atoms with Gasteiger partial charge in [0.25, 0.3) is 0 Å². The van der Waals surface area contributed by atoms with E-state index in [9.17, 15) is 30.3 Å². The first-order valence-corrected chi connectivity index (χ1v) is 23.3. The normalized spacial score (nSPS) is 21.6. The van der Waals surface area contributed by atoms with Gasteiger partial charge in [0, 0.05) is 6.42 Å². The zero-order valence-corrected chi connectivity index (χ0v) is 37.6. The Labute approximate surface area is 369 Å². The van der Waals surface area contributed by atoms with E-state index >= 15 is 0 Å². The van der Waals surface area contributed by atoms with Crippen molar-refractivity contribution in [2.24, 2.45) is 0 Å². The topological polar surface area (TPSA) is 149 Å². The van der Waals surface area contributed by atoms with E-state index in [2.05, 4.69) is 122 Å². The highest BCUT2D eigenvalue weighted by Crippen LogP contribution is 2.22. The van der Waals surface area contributed by atoms with Crippen LogP contribution in [0.4, 0.5) is 0 Å². The number of aliphatic hydroxyl groups is 5. The van der Waals surface area contributed by atoms with Gasteiger partial charge in [-0.2, -0.15) is 0 Å². The van der Waals surface area contributed by atoms with Crippen LogP contribution in [0.1, 0.15) is 142 Å². The zero-order valence-electron chi connectivity index (χ0n) is 37.6. The molecule has 1 amide bonds.